The van der Waals surface area contributed by atoms with Crippen molar-refractivity contribution in [2.45, 2.75) is 13.0 Å². The van der Waals surface area contributed by atoms with E-state index in [-0.39, 0.29) is 22.9 Å². The number of nitrogens with zero attached hydrogens (tertiary/aromatic N) is 4. The van der Waals surface area contributed by atoms with Gasteiger partial charge >= 0.3 is 6.03 Å². The summed E-state index contributed by atoms with van der Waals surface area (Å²) in [6.45, 7) is 3.56. The molecule has 0 spiro atoms. The largest absolute Gasteiger partial charge is 0.351 e. The summed E-state index contributed by atoms with van der Waals surface area (Å²) in [6, 6.07) is 17.8. The van der Waals surface area contributed by atoms with Crippen LogP contribution in [0.15, 0.2) is 66.7 Å². The maximum absolute atomic E-state index is 13.4. The fourth-order valence-electron chi connectivity index (χ4n) is 4.37. The lowest BCUT2D eigenvalue weighted by molar-refractivity contribution is 0.184. The number of benzene rings is 3. The molecule has 1 atom stereocenters. The van der Waals surface area contributed by atoms with E-state index in [0.29, 0.717) is 31.0 Å². The first kappa shape index (κ1) is 23.0. The van der Waals surface area contributed by atoms with Crippen LogP contribution in [-0.2, 0) is 0 Å². The quantitative estimate of drug-likeness (QED) is 0.382. The van der Waals surface area contributed by atoms with Gasteiger partial charge in [-0.3, -0.25) is 0 Å². The number of aromatic nitrogens is 2. The number of hydrogen-bond donors (Lipinski definition) is 1. The Bertz CT molecular complexity index is 1400. The number of urea groups is 1. The van der Waals surface area contributed by atoms with E-state index in [9.17, 15) is 13.6 Å². The second kappa shape index (κ2) is 9.46. The third-order valence-corrected chi connectivity index (χ3v) is 6.43. The standard InChI is InChI=1S/C26H22ClF2N5O/c1-16-15-33(12-13-34(16)26(35)30-19-10-11-23(29)22(27)14-19)25-21-5-3-2-4-20(21)24(31-32-25)17-6-8-18(28)9-7-17/h2-11,14,16H,12-13,15H2,1H3,(H,30,35). The SMILES string of the molecule is CC1CN(c2nnc(-c3ccc(F)cc3)c3ccccc23)CCN1C(=O)Nc1ccc(F)c(Cl)c1. The molecule has 1 aromatic heterocycles. The number of rotatable bonds is 3. The predicted molar refractivity (Wildman–Crippen MR) is 134 cm³/mol. The Morgan fingerprint density at radius 2 is 1.74 bits per heavy atom. The Balaban J connectivity index is 1.36. The van der Waals surface area contributed by atoms with Crippen LogP contribution >= 0.6 is 11.6 Å². The third-order valence-electron chi connectivity index (χ3n) is 6.14. The zero-order valence-electron chi connectivity index (χ0n) is 18.9. The van der Waals surface area contributed by atoms with Gasteiger partial charge in [0.05, 0.1) is 5.02 Å². The second-order valence-corrected chi connectivity index (χ2v) is 8.88. The highest BCUT2D eigenvalue weighted by atomic mass is 35.5. The minimum Gasteiger partial charge on any atom is -0.351 e. The molecule has 1 saturated heterocycles. The number of amides is 2. The number of piperazine rings is 1. The molecule has 178 valence electrons. The molecule has 5 rings (SSSR count). The summed E-state index contributed by atoms with van der Waals surface area (Å²) in [5.41, 5.74) is 1.91. The van der Waals surface area contributed by atoms with Gasteiger partial charge in [0, 0.05) is 47.7 Å². The van der Waals surface area contributed by atoms with Crippen molar-refractivity contribution >= 4 is 39.9 Å². The minimum atomic E-state index is -0.537. The summed E-state index contributed by atoms with van der Waals surface area (Å²) in [7, 11) is 0. The fraction of sp³-hybridized carbons (Fsp3) is 0.192. The first-order chi connectivity index (χ1) is 16.9. The topological polar surface area (TPSA) is 61.4 Å². The van der Waals surface area contributed by atoms with Crippen LogP contribution in [0.25, 0.3) is 22.0 Å². The van der Waals surface area contributed by atoms with Crippen molar-refractivity contribution in [2.24, 2.45) is 0 Å². The van der Waals surface area contributed by atoms with Crippen LogP contribution in [0, 0.1) is 11.6 Å². The van der Waals surface area contributed by atoms with Crippen molar-refractivity contribution in [3.05, 3.63) is 83.4 Å². The molecule has 2 amide bonds. The van der Waals surface area contributed by atoms with Gasteiger partial charge in [0.2, 0.25) is 0 Å². The van der Waals surface area contributed by atoms with E-state index >= 15 is 0 Å². The summed E-state index contributed by atoms with van der Waals surface area (Å²) >= 11 is 5.83. The molecule has 1 fully saturated rings. The van der Waals surface area contributed by atoms with Crippen LogP contribution in [0.2, 0.25) is 5.02 Å². The van der Waals surface area contributed by atoms with Crippen LogP contribution < -0.4 is 10.2 Å². The van der Waals surface area contributed by atoms with Gasteiger partial charge < -0.3 is 15.1 Å². The number of carbonyl (C=O) groups excluding carboxylic acids is 1. The smallest absolute Gasteiger partial charge is 0.322 e. The molecule has 1 aliphatic heterocycles. The normalized spacial score (nSPS) is 15.9. The van der Waals surface area contributed by atoms with Crippen molar-refractivity contribution < 1.29 is 13.6 Å². The van der Waals surface area contributed by atoms with E-state index in [0.717, 1.165) is 22.2 Å². The van der Waals surface area contributed by atoms with Gasteiger partial charge in [-0.05, 0) is 49.4 Å². The first-order valence-electron chi connectivity index (χ1n) is 11.2. The zero-order valence-corrected chi connectivity index (χ0v) is 19.6. The number of carbonyl (C=O) groups is 1. The van der Waals surface area contributed by atoms with Crippen molar-refractivity contribution in [3.8, 4) is 11.3 Å². The second-order valence-electron chi connectivity index (χ2n) is 8.47. The number of hydrogen-bond acceptors (Lipinski definition) is 4. The summed E-state index contributed by atoms with van der Waals surface area (Å²) in [4.78, 5) is 16.7. The lowest BCUT2D eigenvalue weighted by Crippen LogP contribution is -2.55. The molecular formula is C26H22ClF2N5O. The highest BCUT2D eigenvalue weighted by Gasteiger charge is 2.29. The maximum atomic E-state index is 13.4. The molecule has 9 heteroatoms. The van der Waals surface area contributed by atoms with Gasteiger partial charge in [0.15, 0.2) is 5.82 Å². The first-order valence-corrected chi connectivity index (χ1v) is 11.6. The summed E-state index contributed by atoms with van der Waals surface area (Å²) in [5.74, 6) is -0.102. The molecule has 0 saturated carbocycles. The molecular weight excluding hydrogens is 472 g/mol. The Hall–Kier alpha value is -3.78. The van der Waals surface area contributed by atoms with Gasteiger partial charge in [0.1, 0.15) is 17.3 Å². The van der Waals surface area contributed by atoms with Crippen LogP contribution in [0.1, 0.15) is 6.92 Å². The molecule has 3 aromatic carbocycles. The molecule has 6 nitrogen and oxygen atoms in total. The number of fused-ring (bicyclic) bond motifs is 1. The zero-order chi connectivity index (χ0) is 24.5. The maximum Gasteiger partial charge on any atom is 0.322 e. The van der Waals surface area contributed by atoms with Crippen LogP contribution in [0.3, 0.4) is 0 Å². The number of halogens is 3. The molecule has 2 heterocycles. The number of nitrogens with one attached hydrogen (secondary N) is 1. The van der Waals surface area contributed by atoms with Gasteiger partial charge in [-0.15, -0.1) is 10.2 Å². The van der Waals surface area contributed by atoms with Crippen molar-refractivity contribution in [2.75, 3.05) is 29.9 Å². The monoisotopic (exact) mass is 493 g/mol. The molecule has 0 aliphatic carbocycles. The van der Waals surface area contributed by atoms with Crippen molar-refractivity contribution in [3.63, 3.8) is 0 Å². The molecule has 0 bridgehead atoms. The average molecular weight is 494 g/mol. The Morgan fingerprint density at radius 1 is 1.00 bits per heavy atom. The van der Waals surface area contributed by atoms with E-state index in [1.165, 1.54) is 30.3 Å². The van der Waals surface area contributed by atoms with Crippen LogP contribution in [-0.4, -0.2) is 46.8 Å². The van der Waals surface area contributed by atoms with Crippen LogP contribution in [0.4, 0.5) is 25.1 Å². The van der Waals surface area contributed by atoms with Gasteiger partial charge in [-0.1, -0.05) is 35.9 Å². The van der Waals surface area contributed by atoms with Crippen LogP contribution in [0.5, 0.6) is 0 Å². The molecule has 1 aliphatic rings. The highest BCUT2D eigenvalue weighted by Crippen LogP contribution is 2.32. The molecule has 1 unspecified atom stereocenters. The molecule has 35 heavy (non-hydrogen) atoms. The minimum absolute atomic E-state index is 0.0461. The molecule has 0 radical (unpaired) electrons. The van der Waals surface area contributed by atoms with E-state index in [1.807, 2.05) is 31.2 Å². The van der Waals surface area contributed by atoms with Crippen molar-refractivity contribution in [1.82, 2.24) is 15.1 Å². The van der Waals surface area contributed by atoms with E-state index in [1.54, 1.807) is 17.0 Å². The molecule has 1 N–H and O–H groups in total. The van der Waals surface area contributed by atoms with Gasteiger partial charge in [-0.2, -0.15) is 0 Å². The van der Waals surface area contributed by atoms with E-state index in [4.69, 9.17) is 11.6 Å². The lowest BCUT2D eigenvalue weighted by atomic mass is 10.0. The average Bonchev–Trinajstić information content (AvgIpc) is 2.86. The summed E-state index contributed by atoms with van der Waals surface area (Å²) < 4.78 is 26.8. The Morgan fingerprint density at radius 3 is 2.46 bits per heavy atom. The summed E-state index contributed by atoms with van der Waals surface area (Å²) in [6.07, 6.45) is 0. The fourth-order valence-corrected chi connectivity index (χ4v) is 4.55. The predicted octanol–water partition coefficient (Wildman–Crippen LogP) is 5.97. The van der Waals surface area contributed by atoms with Crippen molar-refractivity contribution in [1.29, 1.82) is 0 Å². The van der Waals surface area contributed by atoms with E-state index < -0.39 is 5.82 Å². The summed E-state index contributed by atoms with van der Waals surface area (Å²) in [5, 5.41) is 13.6. The highest BCUT2D eigenvalue weighted by molar-refractivity contribution is 6.31. The van der Waals surface area contributed by atoms with E-state index in [2.05, 4.69) is 20.4 Å². The Kier molecular flexibility index (Phi) is 6.21. The number of anilines is 2. The van der Waals surface area contributed by atoms with Gasteiger partial charge in [0.25, 0.3) is 0 Å². The third kappa shape index (κ3) is 4.61. The Labute approximate surface area is 206 Å². The van der Waals surface area contributed by atoms with Gasteiger partial charge in [-0.25, -0.2) is 13.6 Å². The lowest BCUT2D eigenvalue weighted by Gasteiger charge is -2.40. The molecule has 4 aromatic rings.